The number of hydrogen-bond acceptors (Lipinski definition) is 2. The van der Waals surface area contributed by atoms with Crippen molar-refractivity contribution in [2.45, 2.75) is 47.5 Å². The summed E-state index contributed by atoms with van der Waals surface area (Å²) in [7, 11) is 0. The predicted octanol–water partition coefficient (Wildman–Crippen LogP) is 2.16. The normalized spacial score (nSPS) is 23.2. The van der Waals surface area contributed by atoms with E-state index in [1.165, 1.54) is 0 Å². The molecule has 0 radical (unpaired) electrons. The van der Waals surface area contributed by atoms with Crippen LogP contribution in [0.25, 0.3) is 0 Å². The lowest BCUT2D eigenvalue weighted by molar-refractivity contribution is -0.122. The monoisotopic (exact) mass is 240 g/mol. The zero-order valence-corrected chi connectivity index (χ0v) is 12.0. The predicted molar refractivity (Wildman–Crippen MR) is 71.5 cm³/mol. The highest BCUT2D eigenvalue weighted by Crippen LogP contribution is 2.67. The molecule has 0 aromatic rings. The summed E-state index contributed by atoms with van der Waals surface area (Å²) in [6.07, 6.45) is 1.55. The summed E-state index contributed by atoms with van der Waals surface area (Å²) in [5.74, 6) is 1.08. The van der Waals surface area contributed by atoms with Crippen LogP contribution >= 0.6 is 0 Å². The van der Waals surface area contributed by atoms with Crippen LogP contribution in [0, 0.1) is 22.7 Å². The first-order chi connectivity index (χ1) is 7.77. The van der Waals surface area contributed by atoms with Gasteiger partial charge >= 0.3 is 0 Å². The second kappa shape index (κ2) is 4.97. The fourth-order valence-corrected chi connectivity index (χ4v) is 2.79. The SMILES string of the molecule is CCC(CN)CC(=O)NCC1C(C)(C)C1(C)C. The van der Waals surface area contributed by atoms with Gasteiger partial charge in [-0.2, -0.15) is 0 Å². The van der Waals surface area contributed by atoms with Gasteiger partial charge in [-0.1, -0.05) is 41.0 Å². The molecule has 0 bridgehead atoms. The number of rotatable bonds is 6. The van der Waals surface area contributed by atoms with Crippen molar-refractivity contribution in [3.63, 3.8) is 0 Å². The van der Waals surface area contributed by atoms with Gasteiger partial charge < -0.3 is 11.1 Å². The van der Waals surface area contributed by atoms with Gasteiger partial charge in [0, 0.05) is 13.0 Å². The maximum Gasteiger partial charge on any atom is 0.220 e. The quantitative estimate of drug-likeness (QED) is 0.747. The Morgan fingerprint density at radius 2 is 1.82 bits per heavy atom. The lowest BCUT2D eigenvalue weighted by Crippen LogP contribution is -2.30. The van der Waals surface area contributed by atoms with E-state index >= 15 is 0 Å². The maximum atomic E-state index is 11.8. The molecule has 0 aromatic carbocycles. The van der Waals surface area contributed by atoms with Crippen molar-refractivity contribution in [3.05, 3.63) is 0 Å². The maximum absolute atomic E-state index is 11.8. The van der Waals surface area contributed by atoms with Crippen molar-refractivity contribution in [1.82, 2.24) is 5.32 Å². The molecule has 1 saturated carbocycles. The van der Waals surface area contributed by atoms with Crippen LogP contribution in [0.3, 0.4) is 0 Å². The minimum Gasteiger partial charge on any atom is -0.356 e. The molecule has 1 aliphatic rings. The Labute approximate surface area is 106 Å². The first-order valence-corrected chi connectivity index (χ1v) is 6.74. The standard InChI is InChI=1S/C14H28N2O/c1-6-10(8-15)7-12(17)16-9-11-13(2,3)14(11,4)5/h10-11H,6-9,15H2,1-5H3,(H,16,17). The number of nitrogens with one attached hydrogen (secondary N) is 1. The van der Waals surface area contributed by atoms with E-state index in [0.717, 1.165) is 13.0 Å². The molecule has 100 valence electrons. The lowest BCUT2D eigenvalue weighted by atomic mass is 10.0. The molecule has 0 spiro atoms. The molecular weight excluding hydrogens is 212 g/mol. The number of nitrogens with two attached hydrogens (primary N) is 1. The van der Waals surface area contributed by atoms with Gasteiger partial charge in [-0.3, -0.25) is 4.79 Å². The molecule has 3 N–H and O–H groups in total. The first-order valence-electron chi connectivity index (χ1n) is 6.74. The highest BCUT2D eigenvalue weighted by molar-refractivity contribution is 5.76. The summed E-state index contributed by atoms with van der Waals surface area (Å²) in [6.45, 7) is 12.6. The van der Waals surface area contributed by atoms with Crippen LogP contribution in [0.5, 0.6) is 0 Å². The smallest absolute Gasteiger partial charge is 0.220 e. The van der Waals surface area contributed by atoms with Gasteiger partial charge in [-0.05, 0) is 29.2 Å². The minimum atomic E-state index is 0.154. The third-order valence-electron chi connectivity index (χ3n) is 5.21. The Kier molecular flexibility index (Phi) is 4.23. The molecule has 0 aliphatic heterocycles. The van der Waals surface area contributed by atoms with E-state index in [2.05, 4.69) is 39.9 Å². The van der Waals surface area contributed by atoms with E-state index in [0.29, 0.717) is 35.6 Å². The van der Waals surface area contributed by atoms with Crippen LogP contribution in [0.1, 0.15) is 47.5 Å². The highest BCUT2D eigenvalue weighted by Gasteiger charge is 2.64. The van der Waals surface area contributed by atoms with E-state index in [9.17, 15) is 4.79 Å². The van der Waals surface area contributed by atoms with Crippen LogP contribution in [0.2, 0.25) is 0 Å². The van der Waals surface area contributed by atoms with Gasteiger partial charge in [0.1, 0.15) is 0 Å². The summed E-state index contributed by atoms with van der Waals surface area (Å²) in [4.78, 5) is 11.8. The Balaban J connectivity index is 2.31. The van der Waals surface area contributed by atoms with E-state index in [1.807, 2.05) is 0 Å². The molecule has 1 rings (SSSR count). The van der Waals surface area contributed by atoms with Crippen LogP contribution in [-0.4, -0.2) is 19.0 Å². The molecule has 1 amide bonds. The van der Waals surface area contributed by atoms with E-state index in [-0.39, 0.29) is 5.91 Å². The van der Waals surface area contributed by atoms with E-state index in [1.54, 1.807) is 0 Å². The molecule has 0 aromatic heterocycles. The second-order valence-corrected chi connectivity index (χ2v) is 6.51. The number of carbonyl (C=O) groups is 1. The average Bonchev–Trinajstić information content (AvgIpc) is 2.63. The summed E-state index contributed by atoms with van der Waals surface area (Å²) in [5, 5.41) is 3.06. The van der Waals surface area contributed by atoms with Crippen LogP contribution in [-0.2, 0) is 4.79 Å². The lowest BCUT2D eigenvalue weighted by Gasteiger charge is -2.12. The molecule has 3 nitrogen and oxygen atoms in total. The number of amides is 1. The van der Waals surface area contributed by atoms with Crippen molar-refractivity contribution < 1.29 is 4.79 Å². The third kappa shape index (κ3) is 2.82. The third-order valence-corrected chi connectivity index (χ3v) is 5.21. The molecule has 0 heterocycles. The Morgan fingerprint density at radius 3 is 2.18 bits per heavy atom. The van der Waals surface area contributed by atoms with Crippen LogP contribution in [0.15, 0.2) is 0 Å². The van der Waals surface area contributed by atoms with Crippen LogP contribution in [0.4, 0.5) is 0 Å². The van der Waals surface area contributed by atoms with Gasteiger partial charge in [0.05, 0.1) is 0 Å². The van der Waals surface area contributed by atoms with Gasteiger partial charge in [0.2, 0.25) is 5.91 Å². The Hall–Kier alpha value is -0.570. The Bertz CT molecular complexity index is 266. The number of carbonyl (C=O) groups excluding carboxylic acids is 1. The molecule has 0 saturated heterocycles. The van der Waals surface area contributed by atoms with Gasteiger partial charge in [0.15, 0.2) is 0 Å². The van der Waals surface area contributed by atoms with Gasteiger partial charge in [0.25, 0.3) is 0 Å². The molecule has 1 fully saturated rings. The summed E-state index contributed by atoms with van der Waals surface area (Å²) < 4.78 is 0. The Morgan fingerprint density at radius 1 is 1.29 bits per heavy atom. The zero-order chi connectivity index (χ0) is 13.3. The summed E-state index contributed by atoms with van der Waals surface area (Å²) in [5.41, 5.74) is 6.30. The van der Waals surface area contributed by atoms with Gasteiger partial charge in [-0.15, -0.1) is 0 Å². The average molecular weight is 240 g/mol. The molecule has 1 atom stereocenters. The molecular formula is C14H28N2O. The first kappa shape index (κ1) is 14.5. The van der Waals surface area contributed by atoms with Crippen molar-refractivity contribution in [2.75, 3.05) is 13.1 Å². The van der Waals surface area contributed by atoms with Crippen LogP contribution < -0.4 is 11.1 Å². The minimum absolute atomic E-state index is 0.154. The fourth-order valence-electron chi connectivity index (χ4n) is 2.79. The van der Waals surface area contributed by atoms with Crippen molar-refractivity contribution >= 4 is 5.91 Å². The zero-order valence-electron chi connectivity index (χ0n) is 12.0. The second-order valence-electron chi connectivity index (χ2n) is 6.51. The molecule has 3 heteroatoms. The summed E-state index contributed by atoms with van der Waals surface area (Å²) >= 11 is 0. The van der Waals surface area contributed by atoms with Gasteiger partial charge in [-0.25, -0.2) is 0 Å². The van der Waals surface area contributed by atoms with E-state index in [4.69, 9.17) is 5.73 Å². The number of hydrogen-bond donors (Lipinski definition) is 2. The molecule has 1 unspecified atom stereocenters. The van der Waals surface area contributed by atoms with Crippen molar-refractivity contribution in [2.24, 2.45) is 28.4 Å². The fraction of sp³-hybridized carbons (Fsp3) is 0.929. The van der Waals surface area contributed by atoms with E-state index < -0.39 is 0 Å². The molecule has 17 heavy (non-hydrogen) atoms. The summed E-state index contributed by atoms with van der Waals surface area (Å²) in [6, 6.07) is 0. The highest BCUT2D eigenvalue weighted by atomic mass is 16.1. The van der Waals surface area contributed by atoms with Crippen molar-refractivity contribution in [3.8, 4) is 0 Å². The van der Waals surface area contributed by atoms with Crippen molar-refractivity contribution in [1.29, 1.82) is 0 Å². The molecule has 1 aliphatic carbocycles. The topological polar surface area (TPSA) is 55.1 Å². The largest absolute Gasteiger partial charge is 0.356 e.